The van der Waals surface area contributed by atoms with Crippen LogP contribution in [0.5, 0.6) is 0 Å². The van der Waals surface area contributed by atoms with Gasteiger partial charge in [0.2, 0.25) is 0 Å². The molecule has 0 aromatic heterocycles. The normalized spacial score (nSPS) is 14.5. The lowest BCUT2D eigenvalue weighted by Gasteiger charge is -1.95. The van der Waals surface area contributed by atoms with Gasteiger partial charge in [0.05, 0.1) is 12.7 Å². The zero-order valence-electron chi connectivity index (χ0n) is 14.8. The first-order chi connectivity index (χ1) is 11.0. The van der Waals surface area contributed by atoms with Gasteiger partial charge in [-0.2, -0.15) is 0 Å². The summed E-state index contributed by atoms with van der Waals surface area (Å²) in [6, 6.07) is 0. The van der Waals surface area contributed by atoms with Crippen LogP contribution in [0.25, 0.3) is 0 Å². The van der Waals surface area contributed by atoms with Crippen LogP contribution in [0.3, 0.4) is 0 Å². The van der Waals surface area contributed by atoms with E-state index in [1.165, 1.54) is 18.6 Å². The van der Waals surface area contributed by atoms with E-state index in [4.69, 9.17) is 4.74 Å². The second-order valence-corrected chi connectivity index (χ2v) is 7.66. The lowest BCUT2D eigenvalue weighted by atomic mass is 10.2. The fourth-order valence-corrected chi connectivity index (χ4v) is 2.96. The number of carbonyl (C=O) groups is 2. The molecule has 134 valence electrons. The van der Waals surface area contributed by atoms with Crippen LogP contribution >= 0.6 is 21.6 Å². The number of rotatable bonds is 11. The van der Waals surface area contributed by atoms with E-state index in [0.29, 0.717) is 18.9 Å². The molecule has 23 heavy (non-hydrogen) atoms. The SMILES string of the molecule is C=CC(=O)CCC.C=CC(=O)CCCSSCC.CCC1CO1. The van der Waals surface area contributed by atoms with E-state index in [9.17, 15) is 9.59 Å². The van der Waals surface area contributed by atoms with E-state index in [-0.39, 0.29) is 11.6 Å². The molecule has 1 heterocycles. The van der Waals surface area contributed by atoms with E-state index in [1.807, 2.05) is 28.5 Å². The monoisotopic (exact) mass is 360 g/mol. The third-order valence-corrected chi connectivity index (χ3v) is 5.23. The predicted octanol–water partition coefficient (Wildman–Crippen LogP) is 5.26. The molecule has 1 saturated heterocycles. The van der Waals surface area contributed by atoms with Crippen LogP contribution in [0.4, 0.5) is 0 Å². The second-order valence-electron chi connectivity index (χ2n) is 4.79. The van der Waals surface area contributed by atoms with Crippen LogP contribution in [0.2, 0.25) is 0 Å². The molecule has 0 aliphatic carbocycles. The van der Waals surface area contributed by atoms with Gasteiger partial charge in [-0.15, -0.1) is 0 Å². The summed E-state index contributed by atoms with van der Waals surface area (Å²) in [6.07, 6.45) is 7.79. The first kappa shape index (κ1) is 24.7. The fourth-order valence-electron chi connectivity index (χ4n) is 1.20. The van der Waals surface area contributed by atoms with Crippen molar-refractivity contribution in [2.75, 3.05) is 18.1 Å². The number of allylic oxidation sites excluding steroid dienone is 2. The molecule has 1 atom stereocenters. The number of ketones is 2. The number of hydrogen-bond acceptors (Lipinski definition) is 5. The highest BCUT2D eigenvalue weighted by Gasteiger charge is 2.18. The van der Waals surface area contributed by atoms with Gasteiger partial charge in [0.1, 0.15) is 0 Å². The molecular formula is C18H32O3S2. The highest BCUT2D eigenvalue weighted by atomic mass is 33.1. The van der Waals surface area contributed by atoms with Gasteiger partial charge in [-0.3, -0.25) is 9.59 Å². The van der Waals surface area contributed by atoms with Crippen molar-refractivity contribution < 1.29 is 14.3 Å². The number of hydrogen-bond donors (Lipinski definition) is 0. The number of epoxide rings is 1. The van der Waals surface area contributed by atoms with Crippen molar-refractivity contribution >= 4 is 33.2 Å². The lowest BCUT2D eigenvalue weighted by molar-refractivity contribution is -0.115. The largest absolute Gasteiger partial charge is 0.373 e. The molecule has 1 aliphatic rings. The quantitative estimate of drug-likeness (QED) is 0.218. The summed E-state index contributed by atoms with van der Waals surface area (Å²) in [5.41, 5.74) is 0. The molecule has 0 aromatic rings. The van der Waals surface area contributed by atoms with E-state index in [2.05, 4.69) is 27.0 Å². The van der Waals surface area contributed by atoms with Gasteiger partial charge in [-0.25, -0.2) is 0 Å². The van der Waals surface area contributed by atoms with Crippen LogP contribution in [-0.2, 0) is 14.3 Å². The number of ether oxygens (including phenoxy) is 1. The highest BCUT2D eigenvalue weighted by molar-refractivity contribution is 8.76. The summed E-state index contributed by atoms with van der Waals surface area (Å²) >= 11 is 0. The average molecular weight is 361 g/mol. The maximum Gasteiger partial charge on any atom is 0.155 e. The summed E-state index contributed by atoms with van der Waals surface area (Å²) in [4.78, 5) is 21.0. The molecule has 1 fully saturated rings. The van der Waals surface area contributed by atoms with Crippen molar-refractivity contribution in [3.63, 3.8) is 0 Å². The standard InChI is InChI=1S/C8H14OS2.C6H10O.C4H8O/c1-3-8(9)6-5-7-11-10-4-2;1-3-5-6(7)4-2;1-2-4-3-5-4/h3H,1,4-7H2,2H3;4H,2-3,5H2,1H3;4H,2-3H2,1H3. The molecule has 0 saturated carbocycles. The van der Waals surface area contributed by atoms with E-state index in [1.54, 1.807) is 0 Å². The van der Waals surface area contributed by atoms with E-state index in [0.717, 1.165) is 31.0 Å². The Hall–Kier alpha value is -0.520. The Bertz CT molecular complexity index is 326. The van der Waals surface area contributed by atoms with Crippen LogP contribution in [0.1, 0.15) is 52.9 Å². The minimum absolute atomic E-state index is 0.141. The van der Waals surface area contributed by atoms with Gasteiger partial charge in [-0.05, 0) is 31.4 Å². The molecule has 0 radical (unpaired) electrons. The Balaban J connectivity index is 0. The van der Waals surface area contributed by atoms with Gasteiger partial charge < -0.3 is 4.74 Å². The summed E-state index contributed by atoms with van der Waals surface area (Å²) in [5.74, 6) is 2.51. The van der Waals surface area contributed by atoms with Crippen molar-refractivity contribution in [1.29, 1.82) is 0 Å². The third-order valence-electron chi connectivity index (χ3n) is 2.66. The first-order valence-electron chi connectivity index (χ1n) is 8.22. The van der Waals surface area contributed by atoms with Crippen molar-refractivity contribution in [2.45, 2.75) is 59.0 Å². The molecule has 0 bridgehead atoms. The maximum absolute atomic E-state index is 10.7. The molecule has 0 N–H and O–H groups in total. The summed E-state index contributed by atoms with van der Waals surface area (Å²) in [6.45, 7) is 14.0. The molecule has 1 rings (SSSR count). The van der Waals surface area contributed by atoms with E-state index >= 15 is 0 Å². The average Bonchev–Trinajstić information content (AvgIpc) is 3.40. The Kier molecular flexibility index (Phi) is 21.0. The van der Waals surface area contributed by atoms with Gasteiger partial charge in [0, 0.05) is 24.3 Å². The second kappa shape index (κ2) is 19.5. The minimum atomic E-state index is 0.141. The van der Waals surface area contributed by atoms with Crippen LogP contribution in [0, 0.1) is 0 Å². The Morgan fingerprint density at radius 1 is 1.09 bits per heavy atom. The molecule has 1 aliphatic heterocycles. The molecule has 3 nitrogen and oxygen atoms in total. The molecule has 0 amide bonds. The zero-order valence-corrected chi connectivity index (χ0v) is 16.5. The van der Waals surface area contributed by atoms with Gasteiger partial charge >= 0.3 is 0 Å². The Morgan fingerprint density at radius 3 is 1.96 bits per heavy atom. The minimum Gasteiger partial charge on any atom is -0.373 e. The third kappa shape index (κ3) is 23.9. The highest BCUT2D eigenvalue weighted by Crippen LogP contribution is 2.21. The molecule has 0 spiro atoms. The van der Waals surface area contributed by atoms with Crippen LogP contribution < -0.4 is 0 Å². The lowest BCUT2D eigenvalue weighted by Crippen LogP contribution is -1.91. The van der Waals surface area contributed by atoms with Gasteiger partial charge in [-0.1, -0.05) is 55.5 Å². The van der Waals surface area contributed by atoms with Crippen molar-refractivity contribution in [2.24, 2.45) is 0 Å². The smallest absolute Gasteiger partial charge is 0.155 e. The first-order valence-corrected chi connectivity index (χ1v) is 10.7. The summed E-state index contributed by atoms with van der Waals surface area (Å²) < 4.78 is 4.86. The van der Waals surface area contributed by atoms with Crippen molar-refractivity contribution in [3.8, 4) is 0 Å². The van der Waals surface area contributed by atoms with Crippen molar-refractivity contribution in [3.05, 3.63) is 25.3 Å². The van der Waals surface area contributed by atoms with Crippen molar-refractivity contribution in [1.82, 2.24) is 0 Å². The van der Waals surface area contributed by atoms with Gasteiger partial charge in [0.15, 0.2) is 11.6 Å². The summed E-state index contributed by atoms with van der Waals surface area (Å²) in [7, 11) is 3.68. The molecule has 1 unspecified atom stereocenters. The molecular weight excluding hydrogens is 328 g/mol. The maximum atomic E-state index is 10.7. The number of carbonyl (C=O) groups excluding carboxylic acids is 2. The van der Waals surface area contributed by atoms with Gasteiger partial charge in [0.25, 0.3) is 0 Å². The Morgan fingerprint density at radius 2 is 1.65 bits per heavy atom. The Labute approximate surface area is 150 Å². The fraction of sp³-hybridized carbons (Fsp3) is 0.667. The predicted molar refractivity (Wildman–Crippen MR) is 105 cm³/mol. The van der Waals surface area contributed by atoms with Crippen LogP contribution in [0.15, 0.2) is 25.3 Å². The topological polar surface area (TPSA) is 46.7 Å². The molecule has 0 aromatic carbocycles. The van der Waals surface area contributed by atoms with E-state index < -0.39 is 0 Å². The summed E-state index contributed by atoms with van der Waals surface area (Å²) in [5, 5.41) is 0. The zero-order chi connectivity index (χ0) is 17.9. The molecule has 5 heteroatoms. The van der Waals surface area contributed by atoms with Crippen LogP contribution in [-0.4, -0.2) is 35.8 Å².